The van der Waals surface area contributed by atoms with Crippen molar-refractivity contribution in [2.24, 2.45) is 5.84 Å². The smallest absolute Gasteiger partial charge is 0.268 e. The molecule has 0 aromatic carbocycles. The number of nitrogens with zero attached hydrogens (tertiary/aromatic N) is 1. The van der Waals surface area contributed by atoms with Crippen molar-refractivity contribution in [1.82, 2.24) is 10.3 Å². The first-order valence-corrected chi connectivity index (χ1v) is 7.44. The molecule has 1 amide bonds. The first kappa shape index (κ1) is 14.4. The summed E-state index contributed by atoms with van der Waals surface area (Å²) in [5.74, 6) is 6.66. The van der Waals surface area contributed by atoms with Crippen molar-refractivity contribution in [3.05, 3.63) is 23.7 Å². The van der Waals surface area contributed by atoms with E-state index in [-0.39, 0.29) is 5.91 Å². The van der Waals surface area contributed by atoms with Gasteiger partial charge in [0, 0.05) is 17.0 Å². The molecule has 0 saturated carbocycles. The van der Waals surface area contributed by atoms with Crippen molar-refractivity contribution < 1.29 is 9.21 Å². The molecule has 1 fully saturated rings. The van der Waals surface area contributed by atoms with Gasteiger partial charge in [-0.2, -0.15) is 11.8 Å². The van der Waals surface area contributed by atoms with Gasteiger partial charge in [-0.05, 0) is 19.0 Å². The third-order valence-electron chi connectivity index (χ3n) is 3.42. The maximum Gasteiger partial charge on any atom is 0.268 e. The number of nitrogens with one attached hydrogen (secondary N) is 1. The maximum absolute atomic E-state index is 11.6. The molecule has 0 atom stereocenters. The van der Waals surface area contributed by atoms with Gasteiger partial charge in [0.15, 0.2) is 0 Å². The van der Waals surface area contributed by atoms with Crippen LogP contribution in [0.1, 0.15) is 36.4 Å². The molecule has 0 spiro atoms. The molecule has 1 aliphatic heterocycles. The Balaban J connectivity index is 2.01. The highest BCUT2D eigenvalue weighted by molar-refractivity contribution is 8.00. The van der Waals surface area contributed by atoms with Crippen LogP contribution in [0.4, 0.5) is 0 Å². The zero-order valence-electron chi connectivity index (χ0n) is 11.4. The van der Waals surface area contributed by atoms with E-state index in [1.807, 2.05) is 11.8 Å². The van der Waals surface area contributed by atoms with Gasteiger partial charge in [0.25, 0.3) is 5.91 Å². The first-order valence-electron chi connectivity index (χ1n) is 6.45. The molecule has 3 N–H and O–H groups in total. The molecule has 2 rings (SSSR count). The predicted octanol–water partition coefficient (Wildman–Crippen LogP) is 1.60. The Morgan fingerprint density at radius 2 is 2.37 bits per heavy atom. The molecule has 2 heterocycles. The number of thioether (sulfide) groups is 1. The van der Waals surface area contributed by atoms with Crippen LogP contribution in [-0.2, 0) is 6.54 Å². The lowest BCUT2D eigenvalue weighted by molar-refractivity contribution is 0.0950. The lowest BCUT2D eigenvalue weighted by Crippen LogP contribution is -2.32. The van der Waals surface area contributed by atoms with Crippen LogP contribution in [0.15, 0.2) is 16.7 Å². The Labute approximate surface area is 117 Å². The quantitative estimate of drug-likeness (QED) is 0.501. The number of rotatable bonds is 3. The highest BCUT2D eigenvalue weighted by atomic mass is 32.2. The van der Waals surface area contributed by atoms with Crippen LogP contribution >= 0.6 is 11.8 Å². The van der Waals surface area contributed by atoms with E-state index >= 15 is 0 Å². The number of amides is 1. The van der Waals surface area contributed by atoms with Crippen LogP contribution in [0, 0.1) is 0 Å². The molecule has 106 valence electrons. The van der Waals surface area contributed by atoms with Gasteiger partial charge in [-0.3, -0.25) is 15.1 Å². The van der Waals surface area contributed by atoms with Gasteiger partial charge in [0.2, 0.25) is 0 Å². The van der Waals surface area contributed by atoms with Crippen LogP contribution in [0.2, 0.25) is 0 Å². The van der Waals surface area contributed by atoms with Crippen molar-refractivity contribution in [3.8, 4) is 0 Å². The molecular weight excluding hydrogens is 262 g/mol. The molecular formula is C13H21N3O2S. The van der Waals surface area contributed by atoms with Crippen LogP contribution in [0.5, 0.6) is 0 Å². The number of carbonyl (C=O) groups is 1. The van der Waals surface area contributed by atoms with E-state index in [4.69, 9.17) is 10.3 Å². The molecule has 0 unspecified atom stereocenters. The zero-order valence-corrected chi connectivity index (χ0v) is 12.3. The van der Waals surface area contributed by atoms with Gasteiger partial charge < -0.3 is 4.42 Å². The molecule has 5 nitrogen and oxygen atoms in total. The fraction of sp³-hybridized carbons (Fsp3) is 0.615. The van der Waals surface area contributed by atoms with Crippen LogP contribution in [0.25, 0.3) is 0 Å². The van der Waals surface area contributed by atoms with Crippen molar-refractivity contribution in [2.75, 3.05) is 18.8 Å². The Bertz CT molecular complexity index is 445. The fourth-order valence-electron chi connectivity index (χ4n) is 2.17. The van der Waals surface area contributed by atoms with E-state index in [2.05, 4.69) is 24.2 Å². The molecule has 1 saturated heterocycles. The Kier molecular flexibility index (Phi) is 4.54. The summed E-state index contributed by atoms with van der Waals surface area (Å²) in [5, 5.41) is 0. The molecule has 1 aromatic heterocycles. The second-order valence-electron chi connectivity index (χ2n) is 5.37. The summed E-state index contributed by atoms with van der Waals surface area (Å²) in [5.41, 5.74) is 2.68. The number of nitrogens with two attached hydrogens (primary N) is 1. The summed E-state index contributed by atoms with van der Waals surface area (Å²) in [6.07, 6.45) is 2.67. The fourth-order valence-corrected chi connectivity index (χ4v) is 3.30. The Morgan fingerprint density at radius 1 is 1.58 bits per heavy atom. The molecule has 6 heteroatoms. The van der Waals surface area contributed by atoms with E-state index in [0.29, 0.717) is 22.6 Å². The normalized spacial score (nSPS) is 19.9. The molecule has 0 radical (unpaired) electrons. The number of carbonyl (C=O) groups excluding carboxylic acids is 1. The van der Waals surface area contributed by atoms with Gasteiger partial charge in [0.1, 0.15) is 5.76 Å². The second kappa shape index (κ2) is 5.98. The van der Waals surface area contributed by atoms with Crippen LogP contribution in [0.3, 0.4) is 0 Å². The summed E-state index contributed by atoms with van der Waals surface area (Å²) in [6.45, 7) is 7.25. The number of hydrazine groups is 1. The van der Waals surface area contributed by atoms with E-state index in [1.165, 1.54) is 6.26 Å². The van der Waals surface area contributed by atoms with Crippen molar-refractivity contribution in [2.45, 2.75) is 31.6 Å². The maximum atomic E-state index is 11.6. The van der Waals surface area contributed by atoms with Crippen LogP contribution < -0.4 is 11.3 Å². The summed E-state index contributed by atoms with van der Waals surface area (Å²) in [6, 6.07) is 1.66. The lowest BCUT2D eigenvalue weighted by Gasteiger charge is -2.22. The number of hydrogen-bond donors (Lipinski definition) is 2. The van der Waals surface area contributed by atoms with Gasteiger partial charge in [-0.1, -0.05) is 13.8 Å². The number of hydrogen-bond acceptors (Lipinski definition) is 5. The molecule has 1 aliphatic rings. The highest BCUT2D eigenvalue weighted by Crippen LogP contribution is 2.31. The zero-order chi connectivity index (χ0) is 13.9. The van der Waals surface area contributed by atoms with E-state index < -0.39 is 0 Å². The summed E-state index contributed by atoms with van der Waals surface area (Å²) in [4.78, 5) is 13.9. The average Bonchev–Trinajstić information content (AvgIpc) is 2.75. The highest BCUT2D eigenvalue weighted by Gasteiger charge is 2.25. The third kappa shape index (κ3) is 3.75. The topological polar surface area (TPSA) is 71.5 Å². The Morgan fingerprint density at radius 3 is 3.11 bits per heavy atom. The van der Waals surface area contributed by atoms with Crippen molar-refractivity contribution in [1.29, 1.82) is 0 Å². The third-order valence-corrected chi connectivity index (χ3v) is 4.79. The van der Waals surface area contributed by atoms with E-state index in [1.54, 1.807) is 6.07 Å². The molecule has 1 aromatic rings. The SMILES string of the molecule is CC1(C)CCN(Cc2occc2C(=O)NN)CCS1. The monoisotopic (exact) mass is 283 g/mol. The van der Waals surface area contributed by atoms with E-state index in [9.17, 15) is 4.79 Å². The number of furan rings is 1. The average molecular weight is 283 g/mol. The minimum atomic E-state index is -0.298. The predicted molar refractivity (Wildman–Crippen MR) is 76.8 cm³/mol. The van der Waals surface area contributed by atoms with Gasteiger partial charge in [-0.25, -0.2) is 5.84 Å². The van der Waals surface area contributed by atoms with Crippen molar-refractivity contribution in [3.63, 3.8) is 0 Å². The minimum Gasteiger partial charge on any atom is -0.467 e. The largest absolute Gasteiger partial charge is 0.467 e. The molecule has 0 bridgehead atoms. The van der Waals surface area contributed by atoms with Gasteiger partial charge in [0.05, 0.1) is 18.4 Å². The molecule has 0 aliphatic carbocycles. The summed E-state index contributed by atoms with van der Waals surface area (Å²) >= 11 is 2.00. The summed E-state index contributed by atoms with van der Waals surface area (Å²) in [7, 11) is 0. The minimum absolute atomic E-state index is 0.298. The Hall–Kier alpha value is -0.980. The van der Waals surface area contributed by atoms with E-state index in [0.717, 1.165) is 25.3 Å². The standard InChI is InChI=1S/C13H21N3O2S/c1-13(2)4-5-16(6-8-19-13)9-11-10(3-7-18-11)12(17)15-14/h3,7H,4-6,8-9,14H2,1-2H3,(H,15,17). The van der Waals surface area contributed by atoms with Gasteiger partial charge >= 0.3 is 0 Å². The van der Waals surface area contributed by atoms with Gasteiger partial charge in [-0.15, -0.1) is 0 Å². The summed E-state index contributed by atoms with van der Waals surface area (Å²) < 4.78 is 5.75. The van der Waals surface area contributed by atoms with Crippen LogP contribution in [-0.4, -0.2) is 34.4 Å². The number of nitrogen functional groups attached to an aromatic ring is 1. The van der Waals surface area contributed by atoms with Crippen molar-refractivity contribution >= 4 is 17.7 Å². The first-order chi connectivity index (χ1) is 9.02. The lowest BCUT2D eigenvalue weighted by atomic mass is 10.1. The molecule has 19 heavy (non-hydrogen) atoms. The second-order valence-corrected chi connectivity index (χ2v) is 7.17.